The Bertz CT molecular complexity index is 1310. The second-order valence-electron chi connectivity index (χ2n) is 14.6. The smallest absolute Gasteiger partial charge is 0.249 e. The van der Waals surface area contributed by atoms with Crippen LogP contribution in [0.15, 0.2) is 49.6 Å². The maximum atomic E-state index is 15.0. The van der Waals surface area contributed by atoms with Crippen molar-refractivity contribution in [1.82, 2.24) is 9.80 Å². The summed E-state index contributed by atoms with van der Waals surface area (Å²) in [5.74, 6) is -1.88. The van der Waals surface area contributed by atoms with Crippen molar-refractivity contribution < 1.29 is 29.0 Å². The minimum atomic E-state index is -1.24. The number of halogens is 1. The Balaban J connectivity index is 1.82. The summed E-state index contributed by atoms with van der Waals surface area (Å²) in [6, 6.07) is 5.64. The molecule has 4 rings (SSSR count). The SMILES string of the molecule is C=CCN(C(=O)[C@H]1[C@@H]2OC3(CC2Br)C(C(=O)N(CC=C)C(C)(C)CC(C)(C)C)N([C@@H](CC)CO)C(=O)[C@H]13)c1ccc(OCC)cc1. The number of likely N-dealkylation sites (tertiary alicyclic amines) is 1. The van der Waals surface area contributed by atoms with Gasteiger partial charge in [-0.3, -0.25) is 14.4 Å². The van der Waals surface area contributed by atoms with E-state index in [1.54, 1.807) is 26.9 Å². The molecule has 0 aromatic heterocycles. The van der Waals surface area contributed by atoms with E-state index in [4.69, 9.17) is 9.47 Å². The number of fused-ring (bicyclic) bond motifs is 1. The van der Waals surface area contributed by atoms with Crippen LogP contribution in [0.3, 0.4) is 0 Å². The summed E-state index contributed by atoms with van der Waals surface area (Å²) in [5.41, 5.74) is -1.26. The first kappa shape index (κ1) is 36.2. The highest BCUT2D eigenvalue weighted by Crippen LogP contribution is 2.61. The van der Waals surface area contributed by atoms with E-state index in [0.717, 1.165) is 0 Å². The maximum Gasteiger partial charge on any atom is 0.249 e. The molecule has 9 nitrogen and oxygen atoms in total. The highest BCUT2D eigenvalue weighted by atomic mass is 79.9. The van der Waals surface area contributed by atoms with E-state index < -0.39 is 41.2 Å². The largest absolute Gasteiger partial charge is 0.494 e. The van der Waals surface area contributed by atoms with Gasteiger partial charge in [-0.1, -0.05) is 55.8 Å². The Morgan fingerprint density at radius 3 is 2.28 bits per heavy atom. The first-order valence-corrected chi connectivity index (χ1v) is 17.4. The molecule has 0 aliphatic carbocycles. The van der Waals surface area contributed by atoms with Gasteiger partial charge >= 0.3 is 0 Å². The normalized spacial score (nSPS) is 27.7. The number of aliphatic hydroxyl groups is 1. The van der Waals surface area contributed by atoms with Crippen LogP contribution in [0.25, 0.3) is 0 Å². The van der Waals surface area contributed by atoms with E-state index in [2.05, 4.69) is 49.9 Å². The predicted octanol–water partition coefficient (Wildman–Crippen LogP) is 5.35. The number of carbonyl (C=O) groups is 3. The van der Waals surface area contributed by atoms with Crippen LogP contribution in [0.1, 0.15) is 67.7 Å². The van der Waals surface area contributed by atoms with Gasteiger partial charge in [0.05, 0.1) is 37.2 Å². The average Bonchev–Trinajstić information content (AvgIpc) is 3.57. The minimum Gasteiger partial charge on any atom is -0.494 e. The standard InChI is InChI=1S/C36H52BrN3O6/c1-10-18-38(24-14-16-25(17-15-24)45-13-4)31(42)27-28-32(43)40(23(12-3)21-41)30(36(28)20-26(37)29(27)46-36)33(44)39(19-11-2)35(8,9)22-34(5,6)7/h10-11,14-17,23,26-30,41H,1-2,12-13,18-22H2,3-9H3/t23-,26?,27+,28-,29+,30?,36?/m0/s1. The molecule has 1 spiro atoms. The van der Waals surface area contributed by atoms with Gasteiger partial charge in [0.1, 0.15) is 17.4 Å². The van der Waals surface area contributed by atoms with Crippen LogP contribution < -0.4 is 9.64 Å². The summed E-state index contributed by atoms with van der Waals surface area (Å²) in [6.07, 6.45) is 4.28. The molecular formula is C36H52BrN3O6. The molecule has 0 saturated carbocycles. The molecule has 3 heterocycles. The molecule has 46 heavy (non-hydrogen) atoms. The summed E-state index contributed by atoms with van der Waals surface area (Å²) in [7, 11) is 0. The Labute approximate surface area is 283 Å². The fourth-order valence-electron chi connectivity index (χ4n) is 8.26. The van der Waals surface area contributed by atoms with E-state index >= 15 is 0 Å². The van der Waals surface area contributed by atoms with Gasteiger partial charge in [0.15, 0.2) is 0 Å². The lowest BCUT2D eigenvalue weighted by atomic mass is 9.70. The molecule has 7 atom stereocenters. The zero-order chi connectivity index (χ0) is 34.2. The van der Waals surface area contributed by atoms with Gasteiger partial charge in [0, 0.05) is 29.1 Å². The van der Waals surface area contributed by atoms with Crippen LogP contribution in [0.4, 0.5) is 5.69 Å². The van der Waals surface area contributed by atoms with Crippen molar-refractivity contribution in [2.45, 2.75) is 102 Å². The molecule has 3 saturated heterocycles. The molecule has 1 aromatic rings. The number of hydrogen-bond acceptors (Lipinski definition) is 6. The topological polar surface area (TPSA) is 99.6 Å². The quantitative estimate of drug-likeness (QED) is 0.207. The van der Waals surface area contributed by atoms with Gasteiger partial charge in [-0.2, -0.15) is 0 Å². The van der Waals surface area contributed by atoms with Gasteiger partial charge < -0.3 is 29.3 Å². The van der Waals surface area contributed by atoms with Crippen LogP contribution in [0, 0.1) is 17.3 Å². The molecule has 1 N–H and O–H groups in total. The number of aliphatic hydroxyl groups excluding tert-OH is 1. The molecule has 3 fully saturated rings. The van der Waals surface area contributed by atoms with E-state index in [1.807, 2.05) is 52.0 Å². The summed E-state index contributed by atoms with van der Waals surface area (Å²) >= 11 is 3.79. The number of anilines is 1. The molecular weight excluding hydrogens is 650 g/mol. The number of rotatable bonds is 14. The molecule has 3 unspecified atom stereocenters. The first-order chi connectivity index (χ1) is 21.6. The molecule has 0 radical (unpaired) electrons. The van der Waals surface area contributed by atoms with Crippen LogP contribution >= 0.6 is 15.9 Å². The molecule has 3 aliphatic heterocycles. The predicted molar refractivity (Wildman–Crippen MR) is 184 cm³/mol. The molecule has 3 amide bonds. The van der Waals surface area contributed by atoms with E-state index in [1.165, 1.54) is 0 Å². The second kappa shape index (κ2) is 13.8. The van der Waals surface area contributed by atoms with Gasteiger partial charge in [-0.15, -0.1) is 13.2 Å². The van der Waals surface area contributed by atoms with Crippen molar-refractivity contribution in [3.05, 3.63) is 49.6 Å². The molecule has 1 aromatic carbocycles. The number of alkyl halides is 1. The summed E-state index contributed by atoms with van der Waals surface area (Å²) in [4.78, 5) is 49.0. The van der Waals surface area contributed by atoms with Crippen molar-refractivity contribution in [2.24, 2.45) is 17.3 Å². The molecule has 10 heteroatoms. The Kier molecular flexibility index (Phi) is 10.9. The van der Waals surface area contributed by atoms with E-state index in [-0.39, 0.29) is 47.7 Å². The van der Waals surface area contributed by atoms with Crippen LogP contribution in [-0.4, -0.2) is 93.1 Å². The van der Waals surface area contributed by atoms with Crippen LogP contribution in [0.2, 0.25) is 0 Å². The van der Waals surface area contributed by atoms with Crippen molar-refractivity contribution in [1.29, 1.82) is 0 Å². The first-order valence-electron chi connectivity index (χ1n) is 16.4. The lowest BCUT2D eigenvalue weighted by Gasteiger charge is -2.46. The fraction of sp³-hybridized carbons (Fsp3) is 0.639. The fourth-order valence-corrected chi connectivity index (χ4v) is 9.20. The zero-order valence-electron chi connectivity index (χ0n) is 28.5. The Morgan fingerprint density at radius 2 is 1.76 bits per heavy atom. The van der Waals surface area contributed by atoms with Gasteiger partial charge in [0.2, 0.25) is 17.7 Å². The van der Waals surface area contributed by atoms with Gasteiger partial charge in [0.25, 0.3) is 0 Å². The van der Waals surface area contributed by atoms with Crippen molar-refractivity contribution in [2.75, 3.05) is 31.2 Å². The zero-order valence-corrected chi connectivity index (χ0v) is 30.1. The minimum absolute atomic E-state index is 0.0808. The average molecular weight is 703 g/mol. The molecule has 3 aliphatic rings. The van der Waals surface area contributed by atoms with E-state index in [0.29, 0.717) is 37.3 Å². The summed E-state index contributed by atoms with van der Waals surface area (Å²) in [5, 5.41) is 10.5. The number of benzene rings is 1. The number of amides is 3. The van der Waals surface area contributed by atoms with Crippen molar-refractivity contribution >= 4 is 39.3 Å². The number of ether oxygens (including phenoxy) is 2. The Morgan fingerprint density at radius 1 is 1.13 bits per heavy atom. The second-order valence-corrected chi connectivity index (χ2v) is 15.8. The highest BCUT2D eigenvalue weighted by Gasteiger charge is 2.77. The lowest BCUT2D eigenvalue weighted by molar-refractivity contribution is -0.155. The van der Waals surface area contributed by atoms with Crippen LogP contribution in [-0.2, 0) is 19.1 Å². The Hall–Kier alpha value is -2.69. The number of hydrogen-bond donors (Lipinski definition) is 1. The third-order valence-corrected chi connectivity index (χ3v) is 10.5. The maximum absolute atomic E-state index is 15.0. The monoisotopic (exact) mass is 701 g/mol. The molecule has 254 valence electrons. The summed E-state index contributed by atoms with van der Waals surface area (Å²) < 4.78 is 12.4. The lowest BCUT2D eigenvalue weighted by Crippen LogP contribution is -2.62. The third kappa shape index (κ3) is 6.41. The number of carbonyl (C=O) groups excluding carboxylic acids is 3. The highest BCUT2D eigenvalue weighted by molar-refractivity contribution is 9.09. The van der Waals surface area contributed by atoms with Crippen molar-refractivity contribution in [3.63, 3.8) is 0 Å². The van der Waals surface area contributed by atoms with E-state index in [9.17, 15) is 19.5 Å². The molecule has 2 bridgehead atoms. The summed E-state index contributed by atoms with van der Waals surface area (Å²) in [6.45, 7) is 22.8. The van der Waals surface area contributed by atoms with Gasteiger partial charge in [-0.25, -0.2) is 0 Å². The number of nitrogens with zero attached hydrogens (tertiary/aromatic N) is 3. The van der Waals surface area contributed by atoms with Crippen molar-refractivity contribution in [3.8, 4) is 5.75 Å². The third-order valence-electron chi connectivity index (χ3n) is 9.63. The van der Waals surface area contributed by atoms with Crippen LogP contribution in [0.5, 0.6) is 5.75 Å². The van der Waals surface area contributed by atoms with Gasteiger partial charge in [-0.05, 0) is 69.7 Å².